The quantitative estimate of drug-likeness (QED) is 0.911. The Kier molecular flexibility index (Phi) is 4.84. The molecule has 0 unspecified atom stereocenters. The number of ether oxygens (including phenoxy) is 1. The minimum Gasteiger partial charge on any atom is -0.481 e. The number of carbonyl (C=O) groups is 2. The third-order valence-electron chi connectivity index (χ3n) is 4.81. The Morgan fingerprint density at radius 3 is 2.61 bits per heavy atom. The van der Waals surface area contributed by atoms with Gasteiger partial charge in [0.1, 0.15) is 0 Å². The topological polar surface area (TPSA) is 58.6 Å². The minimum absolute atomic E-state index is 0.0245. The molecular formula is C18H24N2O3. The summed E-state index contributed by atoms with van der Waals surface area (Å²) in [6.45, 7) is -0.0373. The summed E-state index contributed by atoms with van der Waals surface area (Å²) < 4.78 is 5.51. The lowest BCUT2D eigenvalue weighted by Gasteiger charge is -2.31. The molecule has 2 amide bonds. The molecule has 5 nitrogen and oxygen atoms in total. The van der Waals surface area contributed by atoms with Crippen LogP contribution < -0.4 is 10.1 Å². The van der Waals surface area contributed by atoms with E-state index in [-0.39, 0.29) is 24.5 Å². The van der Waals surface area contributed by atoms with E-state index in [1.165, 1.54) is 32.1 Å². The van der Waals surface area contributed by atoms with Crippen molar-refractivity contribution in [3.8, 4) is 5.75 Å². The zero-order valence-corrected chi connectivity index (χ0v) is 13.6. The average Bonchev–Trinajstić information content (AvgIpc) is 2.52. The van der Waals surface area contributed by atoms with Gasteiger partial charge in [0, 0.05) is 13.1 Å². The number of hydrogen-bond acceptors (Lipinski definition) is 3. The van der Waals surface area contributed by atoms with Crippen molar-refractivity contribution in [3.05, 3.63) is 23.8 Å². The van der Waals surface area contributed by atoms with Crippen molar-refractivity contribution in [2.75, 3.05) is 19.0 Å². The van der Waals surface area contributed by atoms with Gasteiger partial charge in [0.2, 0.25) is 0 Å². The van der Waals surface area contributed by atoms with Crippen LogP contribution in [-0.4, -0.2) is 36.4 Å². The van der Waals surface area contributed by atoms with Gasteiger partial charge in [-0.15, -0.1) is 0 Å². The van der Waals surface area contributed by atoms with E-state index in [0.717, 1.165) is 12.8 Å². The largest absolute Gasteiger partial charge is 0.481 e. The Morgan fingerprint density at radius 1 is 1.17 bits per heavy atom. The second kappa shape index (κ2) is 7.02. The van der Waals surface area contributed by atoms with E-state index in [0.29, 0.717) is 17.0 Å². The third-order valence-corrected chi connectivity index (χ3v) is 4.81. The lowest BCUT2D eigenvalue weighted by Crippen LogP contribution is -2.38. The molecule has 0 bridgehead atoms. The molecule has 1 fully saturated rings. The number of nitrogens with zero attached hydrogens (tertiary/aromatic N) is 1. The zero-order valence-electron chi connectivity index (χ0n) is 13.6. The lowest BCUT2D eigenvalue weighted by molar-refractivity contribution is -0.118. The van der Waals surface area contributed by atoms with Gasteiger partial charge in [0.25, 0.3) is 11.8 Å². The summed E-state index contributed by atoms with van der Waals surface area (Å²) in [6, 6.07) is 5.61. The van der Waals surface area contributed by atoms with Gasteiger partial charge >= 0.3 is 0 Å². The van der Waals surface area contributed by atoms with E-state index >= 15 is 0 Å². The monoisotopic (exact) mass is 316 g/mol. The van der Waals surface area contributed by atoms with Gasteiger partial charge in [0.05, 0.1) is 11.3 Å². The molecule has 0 saturated heterocycles. The van der Waals surface area contributed by atoms with Crippen LogP contribution in [0.3, 0.4) is 0 Å². The molecule has 2 aliphatic rings. The first-order valence-electron chi connectivity index (χ1n) is 8.49. The van der Waals surface area contributed by atoms with Crippen molar-refractivity contribution >= 4 is 17.5 Å². The molecule has 0 atom stereocenters. The maximum Gasteiger partial charge on any atom is 0.262 e. The number of fused-ring (bicyclic) bond motifs is 1. The normalized spacial score (nSPS) is 18.9. The van der Waals surface area contributed by atoms with E-state index < -0.39 is 0 Å². The van der Waals surface area contributed by atoms with Gasteiger partial charge in [-0.05, 0) is 25.0 Å². The number of nitrogens with one attached hydrogen (secondary N) is 1. The van der Waals surface area contributed by atoms with Gasteiger partial charge in [-0.25, -0.2) is 0 Å². The van der Waals surface area contributed by atoms with Gasteiger partial charge in [-0.1, -0.05) is 38.2 Å². The molecule has 0 radical (unpaired) electrons. The maximum absolute atomic E-state index is 12.9. The third kappa shape index (κ3) is 3.49. The first-order chi connectivity index (χ1) is 11.2. The van der Waals surface area contributed by atoms with Crippen LogP contribution >= 0.6 is 0 Å². The summed E-state index contributed by atoms with van der Waals surface area (Å²) in [5.74, 6) is 0.286. The predicted octanol–water partition coefficient (Wildman–Crippen LogP) is 3.20. The fraction of sp³-hybridized carbons (Fsp3) is 0.556. The van der Waals surface area contributed by atoms with Crippen LogP contribution in [-0.2, 0) is 4.79 Å². The average molecular weight is 316 g/mol. The highest BCUT2D eigenvalue weighted by atomic mass is 16.5. The number of carbonyl (C=O) groups excluding carboxylic acids is 2. The van der Waals surface area contributed by atoms with E-state index in [1.54, 1.807) is 18.2 Å². The zero-order chi connectivity index (χ0) is 16.2. The van der Waals surface area contributed by atoms with Crippen LogP contribution in [0, 0.1) is 0 Å². The molecule has 1 aliphatic heterocycles. The smallest absolute Gasteiger partial charge is 0.262 e. The molecule has 1 saturated carbocycles. The molecule has 0 aromatic heterocycles. The van der Waals surface area contributed by atoms with Crippen molar-refractivity contribution in [3.63, 3.8) is 0 Å². The minimum atomic E-state index is -0.185. The van der Waals surface area contributed by atoms with Crippen LogP contribution in [0.25, 0.3) is 0 Å². The molecule has 23 heavy (non-hydrogen) atoms. The van der Waals surface area contributed by atoms with Gasteiger partial charge in [-0.3, -0.25) is 9.59 Å². The van der Waals surface area contributed by atoms with Gasteiger partial charge in [-0.2, -0.15) is 0 Å². The molecule has 0 spiro atoms. The van der Waals surface area contributed by atoms with Crippen molar-refractivity contribution < 1.29 is 14.3 Å². The van der Waals surface area contributed by atoms with Crippen molar-refractivity contribution in [1.29, 1.82) is 0 Å². The Bertz CT molecular complexity index is 592. The van der Waals surface area contributed by atoms with Crippen molar-refractivity contribution in [2.45, 2.75) is 51.0 Å². The summed E-state index contributed by atoms with van der Waals surface area (Å²) in [7, 11) is 1.88. The number of benzene rings is 1. The number of para-hydroxylation sites is 1. The number of anilines is 1. The van der Waals surface area contributed by atoms with E-state index in [4.69, 9.17) is 4.74 Å². The highest BCUT2D eigenvalue weighted by Crippen LogP contribution is 2.33. The Balaban J connectivity index is 1.79. The van der Waals surface area contributed by atoms with Crippen LogP contribution in [0.2, 0.25) is 0 Å². The fourth-order valence-electron chi connectivity index (χ4n) is 3.46. The molecule has 124 valence electrons. The number of hydrogen-bond donors (Lipinski definition) is 1. The van der Waals surface area contributed by atoms with Crippen LogP contribution in [0.5, 0.6) is 5.75 Å². The van der Waals surface area contributed by atoms with E-state index in [2.05, 4.69) is 5.32 Å². The van der Waals surface area contributed by atoms with E-state index in [9.17, 15) is 9.59 Å². The maximum atomic E-state index is 12.9. The molecule has 1 heterocycles. The molecule has 3 rings (SSSR count). The van der Waals surface area contributed by atoms with Crippen LogP contribution in [0.1, 0.15) is 55.3 Å². The first kappa shape index (κ1) is 15.8. The Morgan fingerprint density at radius 2 is 1.87 bits per heavy atom. The lowest BCUT2D eigenvalue weighted by atomic mass is 9.95. The second-order valence-electron chi connectivity index (χ2n) is 6.43. The standard InChI is InChI=1S/C18H24N2O3/c1-20(13-8-5-3-2-4-6-9-13)18(22)14-10-7-11-15-17(14)23-12-16(21)19-15/h7,10-11,13H,2-6,8-9,12H2,1H3,(H,19,21). The van der Waals surface area contributed by atoms with Crippen molar-refractivity contribution in [1.82, 2.24) is 4.90 Å². The molecule has 1 aromatic rings. The first-order valence-corrected chi connectivity index (χ1v) is 8.49. The van der Waals surface area contributed by atoms with Crippen LogP contribution in [0.4, 0.5) is 5.69 Å². The Labute approximate surface area is 137 Å². The molecule has 5 heteroatoms. The highest BCUT2D eigenvalue weighted by Gasteiger charge is 2.27. The fourth-order valence-corrected chi connectivity index (χ4v) is 3.46. The Hall–Kier alpha value is -2.04. The van der Waals surface area contributed by atoms with E-state index in [1.807, 2.05) is 11.9 Å². The summed E-state index contributed by atoms with van der Waals surface area (Å²) in [6.07, 6.45) is 8.32. The SMILES string of the molecule is CN(C(=O)c1cccc2c1OCC(=O)N2)C1CCCCCCC1. The number of amides is 2. The van der Waals surface area contributed by atoms with Crippen LogP contribution in [0.15, 0.2) is 18.2 Å². The summed E-state index contributed by atoms with van der Waals surface area (Å²) in [4.78, 5) is 26.2. The number of rotatable bonds is 2. The second-order valence-corrected chi connectivity index (χ2v) is 6.43. The summed E-state index contributed by atoms with van der Waals surface area (Å²) in [5, 5.41) is 2.76. The van der Waals surface area contributed by atoms with Gasteiger partial charge in [0.15, 0.2) is 12.4 Å². The molecular weight excluding hydrogens is 292 g/mol. The highest BCUT2D eigenvalue weighted by molar-refractivity contribution is 6.03. The molecule has 1 aromatic carbocycles. The summed E-state index contributed by atoms with van der Waals surface area (Å²) >= 11 is 0. The van der Waals surface area contributed by atoms with Gasteiger partial charge < -0.3 is 15.0 Å². The molecule has 1 N–H and O–H groups in total. The molecule has 1 aliphatic carbocycles. The van der Waals surface area contributed by atoms with Crippen molar-refractivity contribution in [2.24, 2.45) is 0 Å². The summed E-state index contributed by atoms with van der Waals surface area (Å²) in [5.41, 5.74) is 1.12. The predicted molar refractivity (Wildman–Crippen MR) is 88.8 cm³/mol.